The van der Waals surface area contributed by atoms with Crippen LogP contribution in [0.1, 0.15) is 15.9 Å². The van der Waals surface area contributed by atoms with Gasteiger partial charge >= 0.3 is 0 Å². The molecule has 0 radical (unpaired) electrons. The number of hydrogen-bond donors (Lipinski definition) is 1. The molecule has 3 rings (SSSR count). The topological polar surface area (TPSA) is 55.1 Å². The molecule has 0 spiro atoms. The summed E-state index contributed by atoms with van der Waals surface area (Å²) >= 11 is 5.88. The van der Waals surface area contributed by atoms with Crippen molar-refractivity contribution in [1.29, 1.82) is 0 Å². The second kappa shape index (κ2) is 6.03. The average molecular weight is 313 g/mol. The van der Waals surface area contributed by atoms with Crippen molar-refractivity contribution in [1.82, 2.24) is 5.16 Å². The maximum atomic E-state index is 12.3. The Morgan fingerprint density at radius 2 is 1.95 bits per heavy atom. The molecule has 110 valence electrons. The third-order valence-electron chi connectivity index (χ3n) is 3.23. The van der Waals surface area contributed by atoms with Crippen LogP contribution in [0.25, 0.3) is 11.1 Å². The number of aryl methyl sites for hydroxylation is 1. The summed E-state index contributed by atoms with van der Waals surface area (Å²) in [6, 6.07) is 14.6. The zero-order valence-electron chi connectivity index (χ0n) is 11.8. The molecule has 0 unspecified atom stereocenters. The van der Waals surface area contributed by atoms with Gasteiger partial charge in [0.05, 0.1) is 11.8 Å². The van der Waals surface area contributed by atoms with Crippen LogP contribution in [-0.2, 0) is 0 Å². The molecule has 4 nitrogen and oxygen atoms in total. The third kappa shape index (κ3) is 3.02. The van der Waals surface area contributed by atoms with Gasteiger partial charge in [-0.1, -0.05) is 46.6 Å². The van der Waals surface area contributed by atoms with Crippen LogP contribution in [0.5, 0.6) is 0 Å². The summed E-state index contributed by atoms with van der Waals surface area (Å²) in [6.45, 7) is 1.93. The van der Waals surface area contributed by atoms with E-state index in [0.717, 1.165) is 11.1 Å². The molecule has 1 heterocycles. The summed E-state index contributed by atoms with van der Waals surface area (Å²) in [7, 11) is 0. The minimum Gasteiger partial charge on any atom is -0.338 e. The Kier molecular flexibility index (Phi) is 3.94. The third-order valence-corrected chi connectivity index (χ3v) is 3.48. The van der Waals surface area contributed by atoms with Crippen LogP contribution in [-0.4, -0.2) is 11.1 Å². The van der Waals surface area contributed by atoms with Crippen LogP contribution in [0.15, 0.2) is 59.3 Å². The van der Waals surface area contributed by atoms with E-state index < -0.39 is 0 Å². The highest BCUT2D eigenvalue weighted by Gasteiger charge is 2.14. The van der Waals surface area contributed by atoms with Gasteiger partial charge in [-0.25, -0.2) is 0 Å². The number of nitrogens with one attached hydrogen (secondary N) is 1. The van der Waals surface area contributed by atoms with E-state index in [9.17, 15) is 4.79 Å². The first-order valence-electron chi connectivity index (χ1n) is 6.72. The van der Waals surface area contributed by atoms with Gasteiger partial charge in [0.1, 0.15) is 0 Å². The van der Waals surface area contributed by atoms with Crippen molar-refractivity contribution in [3.05, 3.63) is 70.9 Å². The van der Waals surface area contributed by atoms with E-state index in [1.807, 2.05) is 37.3 Å². The first-order chi connectivity index (χ1) is 10.6. The van der Waals surface area contributed by atoms with Gasteiger partial charge in [0.25, 0.3) is 5.91 Å². The van der Waals surface area contributed by atoms with Crippen molar-refractivity contribution in [3.8, 4) is 11.1 Å². The number of hydrogen-bond acceptors (Lipinski definition) is 3. The van der Waals surface area contributed by atoms with Gasteiger partial charge in [0.2, 0.25) is 5.88 Å². The second-order valence-corrected chi connectivity index (χ2v) is 5.34. The number of benzene rings is 2. The molecule has 0 fully saturated rings. The van der Waals surface area contributed by atoms with E-state index in [1.54, 1.807) is 24.4 Å². The van der Waals surface area contributed by atoms with Gasteiger partial charge in [-0.2, -0.15) is 0 Å². The summed E-state index contributed by atoms with van der Waals surface area (Å²) in [5, 5.41) is 7.15. The van der Waals surface area contributed by atoms with E-state index in [1.165, 1.54) is 0 Å². The number of carbonyl (C=O) groups excluding carboxylic acids is 1. The van der Waals surface area contributed by atoms with Crippen LogP contribution in [0, 0.1) is 6.92 Å². The molecule has 22 heavy (non-hydrogen) atoms. The van der Waals surface area contributed by atoms with Crippen LogP contribution in [0.4, 0.5) is 5.88 Å². The molecule has 1 aromatic heterocycles. The van der Waals surface area contributed by atoms with E-state index >= 15 is 0 Å². The van der Waals surface area contributed by atoms with Crippen molar-refractivity contribution < 1.29 is 9.32 Å². The summed E-state index contributed by atoms with van der Waals surface area (Å²) in [5.41, 5.74) is 3.16. The Balaban J connectivity index is 1.86. The van der Waals surface area contributed by atoms with Gasteiger partial charge in [0.15, 0.2) is 0 Å². The van der Waals surface area contributed by atoms with Gasteiger partial charge < -0.3 is 4.52 Å². The number of amides is 1. The fraction of sp³-hybridized carbons (Fsp3) is 0.0588. The molecule has 0 aliphatic carbocycles. The fourth-order valence-corrected chi connectivity index (χ4v) is 2.25. The molecule has 0 aliphatic rings. The van der Waals surface area contributed by atoms with Crippen LogP contribution < -0.4 is 5.32 Å². The Morgan fingerprint density at radius 1 is 1.18 bits per heavy atom. The highest BCUT2D eigenvalue weighted by atomic mass is 35.5. The van der Waals surface area contributed by atoms with E-state index in [-0.39, 0.29) is 5.91 Å². The first-order valence-corrected chi connectivity index (χ1v) is 7.10. The molecule has 1 amide bonds. The van der Waals surface area contributed by atoms with Crippen molar-refractivity contribution in [3.63, 3.8) is 0 Å². The lowest BCUT2D eigenvalue weighted by Gasteiger charge is -2.05. The molecule has 0 saturated heterocycles. The lowest BCUT2D eigenvalue weighted by molar-refractivity contribution is 0.102. The maximum Gasteiger partial charge on any atom is 0.258 e. The lowest BCUT2D eigenvalue weighted by atomic mass is 10.1. The monoisotopic (exact) mass is 312 g/mol. The largest absolute Gasteiger partial charge is 0.338 e. The zero-order chi connectivity index (χ0) is 15.5. The van der Waals surface area contributed by atoms with Crippen LogP contribution >= 0.6 is 11.6 Å². The number of rotatable bonds is 3. The molecule has 0 atom stereocenters. The normalized spacial score (nSPS) is 10.5. The molecule has 5 heteroatoms. The van der Waals surface area contributed by atoms with E-state index in [2.05, 4.69) is 10.5 Å². The Bertz CT molecular complexity index is 810. The Morgan fingerprint density at radius 3 is 2.68 bits per heavy atom. The summed E-state index contributed by atoms with van der Waals surface area (Å²) in [6.07, 6.45) is 1.56. The molecule has 0 bridgehead atoms. The first kappa shape index (κ1) is 14.4. The predicted octanol–water partition coefficient (Wildman–Crippen LogP) is 4.56. The highest BCUT2D eigenvalue weighted by Crippen LogP contribution is 2.29. The Hall–Kier alpha value is -2.59. The smallest absolute Gasteiger partial charge is 0.258 e. The summed E-state index contributed by atoms with van der Waals surface area (Å²) in [4.78, 5) is 12.3. The summed E-state index contributed by atoms with van der Waals surface area (Å²) in [5.74, 6) is 0.0736. The zero-order valence-corrected chi connectivity index (χ0v) is 12.6. The number of halogens is 1. The molecule has 1 N–H and O–H groups in total. The quantitative estimate of drug-likeness (QED) is 0.771. The van der Waals surface area contributed by atoms with E-state index in [0.29, 0.717) is 22.0 Å². The summed E-state index contributed by atoms with van der Waals surface area (Å²) < 4.78 is 5.16. The highest BCUT2D eigenvalue weighted by molar-refractivity contribution is 6.30. The van der Waals surface area contributed by atoms with E-state index in [4.69, 9.17) is 16.1 Å². The predicted molar refractivity (Wildman–Crippen MR) is 86.1 cm³/mol. The Labute approximate surface area is 132 Å². The minimum atomic E-state index is -0.240. The molecule has 3 aromatic rings. The number of aromatic nitrogens is 1. The average Bonchev–Trinajstić information content (AvgIpc) is 2.96. The van der Waals surface area contributed by atoms with Crippen LogP contribution in [0.2, 0.25) is 5.02 Å². The number of anilines is 1. The second-order valence-electron chi connectivity index (χ2n) is 4.90. The maximum absolute atomic E-state index is 12.3. The molecular weight excluding hydrogens is 300 g/mol. The van der Waals surface area contributed by atoms with Gasteiger partial charge in [0, 0.05) is 10.6 Å². The number of carbonyl (C=O) groups is 1. The van der Waals surface area contributed by atoms with Crippen LogP contribution in [0.3, 0.4) is 0 Å². The number of nitrogens with zero attached hydrogens (tertiary/aromatic N) is 1. The van der Waals surface area contributed by atoms with Gasteiger partial charge in [-0.15, -0.1) is 0 Å². The molecule has 2 aromatic carbocycles. The molecule has 0 aliphatic heterocycles. The van der Waals surface area contributed by atoms with Gasteiger partial charge in [-0.05, 0) is 36.8 Å². The minimum absolute atomic E-state index is 0.240. The van der Waals surface area contributed by atoms with Crippen molar-refractivity contribution in [2.45, 2.75) is 6.92 Å². The molecular formula is C17H13ClN2O2. The van der Waals surface area contributed by atoms with Gasteiger partial charge in [-0.3, -0.25) is 10.1 Å². The van der Waals surface area contributed by atoms with Crippen molar-refractivity contribution in [2.75, 3.05) is 5.32 Å². The van der Waals surface area contributed by atoms with Crippen molar-refractivity contribution in [2.24, 2.45) is 0 Å². The SMILES string of the molecule is Cc1cccc(C(=O)Nc2oncc2-c2ccc(Cl)cc2)c1. The molecule has 0 saturated carbocycles. The lowest BCUT2D eigenvalue weighted by Crippen LogP contribution is -2.12. The standard InChI is InChI=1S/C17H13ClN2O2/c1-11-3-2-4-13(9-11)16(21)20-17-15(10-19-22-17)12-5-7-14(18)8-6-12/h2-10H,1H3,(H,20,21). The van der Waals surface area contributed by atoms with Crippen molar-refractivity contribution >= 4 is 23.4 Å². The fourth-order valence-electron chi connectivity index (χ4n) is 2.13.